The highest BCUT2D eigenvalue weighted by molar-refractivity contribution is 9.10. The van der Waals surface area contributed by atoms with Gasteiger partial charge in [0.15, 0.2) is 0 Å². The first-order valence-electron chi connectivity index (χ1n) is 9.06. The monoisotopic (exact) mass is 256 g/mol. The molecule has 0 aliphatic rings. The maximum absolute atomic E-state index is 7.43. The Balaban J connectivity index is 3.63. The molecule has 1 heterocycles. The summed E-state index contributed by atoms with van der Waals surface area (Å²) in [6, 6.07) is -0.988. The molecule has 0 unspecified atom stereocenters. The smallest absolute Gasteiger partial charge is 0.317 e. The lowest BCUT2D eigenvalue weighted by Crippen LogP contribution is -2.24. The lowest BCUT2D eigenvalue weighted by Gasteiger charge is -2.19. The molecule has 0 aliphatic carbocycles. The van der Waals surface area contributed by atoms with Crippen molar-refractivity contribution in [1.82, 2.24) is 9.97 Å². The normalized spacial score (nSPS) is 29.0. The zero-order chi connectivity index (χ0) is 20.1. The molecule has 0 aromatic carbocycles. The van der Waals surface area contributed by atoms with Crippen molar-refractivity contribution < 1.29 is 21.2 Å². The fourth-order valence-corrected chi connectivity index (χ4v) is 0.728. The number of hydrogen-bond acceptors (Lipinski definition) is 3. The second-order valence-electron chi connectivity index (χ2n) is 2.13. The minimum Gasteiger partial charge on any atom is -0.458 e. The molecule has 0 spiro atoms. The molecule has 72 valence electrons. The first-order valence-corrected chi connectivity index (χ1v) is 3.86. The number of aryl methyl sites for hydroxylation is 1. The summed E-state index contributed by atoms with van der Waals surface area (Å²) in [5.74, 6) is 0. The quantitative estimate of drug-likeness (QED) is 0.775. The topological polar surface area (TPSA) is 35.0 Å². The van der Waals surface area contributed by atoms with Crippen LogP contribution >= 0.6 is 15.9 Å². The molecule has 0 fully saturated rings. The van der Waals surface area contributed by atoms with Crippen LogP contribution in [0.25, 0.3) is 0 Å². The van der Waals surface area contributed by atoms with Gasteiger partial charge < -0.3 is 4.74 Å². The van der Waals surface area contributed by atoms with E-state index in [9.17, 15) is 0 Å². The van der Waals surface area contributed by atoms with Gasteiger partial charge in [0.2, 0.25) is 0 Å². The van der Waals surface area contributed by atoms with Gasteiger partial charge in [-0.2, -0.15) is 4.98 Å². The molecule has 0 amide bonds. The molecular weight excluding hydrogens is 232 g/mol. The highest BCUT2D eigenvalue weighted by atomic mass is 79.9. The maximum Gasteiger partial charge on any atom is 0.317 e. The van der Waals surface area contributed by atoms with E-state index < -0.39 is 44.7 Å². The van der Waals surface area contributed by atoms with Gasteiger partial charge in [-0.05, 0) is 43.3 Å². The van der Waals surface area contributed by atoms with Crippen molar-refractivity contribution in [1.29, 1.82) is 0 Å². The van der Waals surface area contributed by atoms with Gasteiger partial charge in [0.1, 0.15) is 5.60 Å². The van der Waals surface area contributed by atoms with Crippen LogP contribution in [0.2, 0.25) is 0 Å². The fourth-order valence-electron chi connectivity index (χ4n) is 0.537. The highest BCUT2D eigenvalue weighted by Crippen LogP contribution is 2.17. The lowest BCUT2D eigenvalue weighted by atomic mass is 10.2. The molecule has 1 rings (SSSR count). The largest absolute Gasteiger partial charge is 0.458 e. The predicted octanol–water partition coefficient (Wildman–Crippen LogP) is 2.72. The molecule has 4 heteroatoms. The maximum atomic E-state index is 7.43. The van der Waals surface area contributed by atoms with Gasteiger partial charge in [-0.1, -0.05) is 0 Å². The molecule has 0 bridgehead atoms. The summed E-state index contributed by atoms with van der Waals surface area (Å²) in [4.78, 5) is 6.97. The fraction of sp³-hybridized carbons (Fsp3) is 0.556. The van der Waals surface area contributed by atoms with E-state index in [2.05, 4.69) is 25.9 Å². The second-order valence-corrected chi connectivity index (χ2v) is 2.99. The van der Waals surface area contributed by atoms with Crippen LogP contribution in [0.15, 0.2) is 10.7 Å². The molecule has 1 aromatic heterocycles. The van der Waals surface area contributed by atoms with Gasteiger partial charge in [-0.25, -0.2) is 4.98 Å². The molecule has 0 radical (unpaired) electrons. The third-order valence-corrected chi connectivity index (χ3v) is 1.55. The molecule has 0 saturated heterocycles. The van der Waals surface area contributed by atoms with Crippen molar-refractivity contribution in [3.63, 3.8) is 0 Å². The molecule has 3 nitrogen and oxygen atoms in total. The van der Waals surface area contributed by atoms with E-state index in [1.54, 1.807) is 0 Å². The van der Waals surface area contributed by atoms with Crippen molar-refractivity contribution in [2.45, 2.75) is 33.0 Å². The summed E-state index contributed by atoms with van der Waals surface area (Å²) in [6.45, 7) is -13.6. The van der Waals surface area contributed by atoms with E-state index >= 15 is 0 Å². The predicted molar refractivity (Wildman–Crippen MR) is 54.9 cm³/mol. The Hall–Kier alpha value is -0.640. The Morgan fingerprint density at radius 1 is 1.54 bits per heavy atom. The van der Waals surface area contributed by atoms with Crippen LogP contribution in [0.5, 0.6) is 6.01 Å². The SMILES string of the molecule is [2H]C([2H])([2H])c1nc(OC(C([2H])([2H])[2H])(C([2H])([2H])[2H])C([2H])([2H])[2H])ncc1Br. The summed E-state index contributed by atoms with van der Waals surface area (Å²) >= 11 is 2.89. The summed E-state index contributed by atoms with van der Waals surface area (Å²) in [6.07, 6.45) is 0.896. The third kappa shape index (κ3) is 3.30. The van der Waals surface area contributed by atoms with Crippen molar-refractivity contribution >= 4 is 15.9 Å². The number of rotatable bonds is 1. The Morgan fingerprint density at radius 3 is 2.92 bits per heavy atom. The Morgan fingerprint density at radius 2 is 2.31 bits per heavy atom. The van der Waals surface area contributed by atoms with Gasteiger partial charge in [0.05, 0.1) is 10.2 Å². The molecule has 1 aromatic rings. The first-order chi connectivity index (χ1) is 10.8. The van der Waals surface area contributed by atoms with E-state index in [1.165, 1.54) is 0 Å². The van der Waals surface area contributed by atoms with Crippen molar-refractivity contribution in [2.75, 3.05) is 0 Å². The van der Waals surface area contributed by atoms with Crippen LogP contribution in [0, 0.1) is 6.85 Å². The molecule has 0 N–H and O–H groups in total. The highest BCUT2D eigenvalue weighted by Gasteiger charge is 2.13. The van der Waals surface area contributed by atoms with Crippen LogP contribution in [0.1, 0.15) is 42.7 Å². The molecular formula is C9H13BrN2O. The average Bonchev–Trinajstić information content (AvgIpc) is 2.31. The van der Waals surface area contributed by atoms with E-state index in [4.69, 9.17) is 21.2 Å². The van der Waals surface area contributed by atoms with E-state index in [1.807, 2.05) is 0 Å². The number of halogens is 1. The van der Waals surface area contributed by atoms with Crippen LogP contribution in [-0.2, 0) is 0 Å². The van der Waals surface area contributed by atoms with E-state index in [-0.39, 0.29) is 4.47 Å². The average molecular weight is 257 g/mol. The molecule has 0 saturated carbocycles. The van der Waals surface area contributed by atoms with Crippen LogP contribution in [-0.4, -0.2) is 15.6 Å². The first kappa shape index (κ1) is 2.69. The minimum atomic E-state index is -3.65. The number of aromatic nitrogens is 2. The van der Waals surface area contributed by atoms with E-state index in [0.29, 0.717) is 0 Å². The third-order valence-electron chi connectivity index (χ3n) is 0.966. The summed E-state index contributed by atoms with van der Waals surface area (Å²) < 4.78 is 93.6. The van der Waals surface area contributed by atoms with Gasteiger partial charge in [0, 0.05) is 22.6 Å². The summed E-state index contributed by atoms with van der Waals surface area (Å²) in [5.41, 5.74) is -4.24. The minimum absolute atomic E-state index is 0.0675. The van der Waals surface area contributed by atoms with Crippen LogP contribution < -0.4 is 4.74 Å². The van der Waals surface area contributed by atoms with Gasteiger partial charge in [-0.3, -0.25) is 0 Å². The Bertz CT molecular complexity index is 595. The lowest BCUT2D eigenvalue weighted by molar-refractivity contribution is 0.116. The number of ether oxygens (including phenoxy) is 1. The van der Waals surface area contributed by atoms with Gasteiger partial charge in [0.25, 0.3) is 0 Å². The van der Waals surface area contributed by atoms with Crippen LogP contribution in [0.3, 0.4) is 0 Å². The van der Waals surface area contributed by atoms with Crippen molar-refractivity contribution in [3.05, 3.63) is 16.4 Å². The Labute approximate surface area is 104 Å². The van der Waals surface area contributed by atoms with Gasteiger partial charge >= 0.3 is 6.01 Å². The van der Waals surface area contributed by atoms with Gasteiger partial charge in [-0.15, -0.1) is 0 Å². The molecule has 13 heavy (non-hydrogen) atoms. The zero-order valence-corrected chi connectivity index (χ0v) is 7.84. The molecule has 0 atom stereocenters. The van der Waals surface area contributed by atoms with E-state index in [0.717, 1.165) is 6.20 Å². The standard InChI is InChI=1S/C9H13BrN2O/c1-6-7(10)5-11-8(12-6)13-9(2,3)4/h5H,1-4H3/i1D3,2D3,3D3,4D3. The summed E-state index contributed by atoms with van der Waals surface area (Å²) in [7, 11) is 0. The zero-order valence-electron chi connectivity index (χ0n) is 18.3. The Kier molecular flexibility index (Phi) is 0.748. The summed E-state index contributed by atoms with van der Waals surface area (Å²) in [5, 5.41) is 0. The number of nitrogens with zero attached hydrogens (tertiary/aromatic N) is 2. The van der Waals surface area contributed by atoms with Crippen molar-refractivity contribution in [2.24, 2.45) is 0 Å². The number of hydrogen-bond donors (Lipinski definition) is 0. The van der Waals surface area contributed by atoms with Crippen LogP contribution in [0.4, 0.5) is 0 Å². The second kappa shape index (κ2) is 3.62. The van der Waals surface area contributed by atoms with Crippen molar-refractivity contribution in [3.8, 4) is 6.01 Å². The molecule has 0 aliphatic heterocycles.